The number of hydrogen-bond donors (Lipinski definition) is 2. The minimum absolute atomic E-state index is 0.141. The van der Waals surface area contributed by atoms with Crippen LogP contribution >= 0.6 is 11.5 Å². The lowest BCUT2D eigenvalue weighted by Gasteiger charge is -2.05. The van der Waals surface area contributed by atoms with E-state index in [0.29, 0.717) is 10.6 Å². The fourth-order valence-corrected chi connectivity index (χ4v) is 1.85. The van der Waals surface area contributed by atoms with E-state index >= 15 is 0 Å². The van der Waals surface area contributed by atoms with Gasteiger partial charge in [-0.05, 0) is 30.6 Å². The van der Waals surface area contributed by atoms with E-state index in [-0.39, 0.29) is 11.4 Å². The molecule has 0 aromatic carbocycles. The lowest BCUT2D eigenvalue weighted by Crippen LogP contribution is -2.15. The van der Waals surface area contributed by atoms with Gasteiger partial charge in [0.15, 0.2) is 5.69 Å². The van der Waals surface area contributed by atoms with Gasteiger partial charge in [-0.1, -0.05) is 4.49 Å². The van der Waals surface area contributed by atoms with Crippen molar-refractivity contribution in [3.8, 4) is 0 Å². The van der Waals surface area contributed by atoms with Crippen molar-refractivity contribution in [2.75, 3.05) is 5.32 Å². The summed E-state index contributed by atoms with van der Waals surface area (Å²) < 4.78 is 3.64. The summed E-state index contributed by atoms with van der Waals surface area (Å²) in [5.74, 6) is -1.65. The lowest BCUT2D eigenvalue weighted by atomic mass is 10.3. The van der Waals surface area contributed by atoms with Crippen molar-refractivity contribution in [3.05, 3.63) is 34.6 Å². The molecule has 0 aliphatic heterocycles. The van der Waals surface area contributed by atoms with Gasteiger partial charge in [0.25, 0.3) is 5.91 Å². The molecule has 18 heavy (non-hydrogen) atoms. The van der Waals surface area contributed by atoms with Crippen molar-refractivity contribution in [1.82, 2.24) is 14.6 Å². The molecule has 2 aromatic rings. The fourth-order valence-electron chi connectivity index (χ4n) is 1.30. The number of carbonyl (C=O) groups excluding carboxylic acids is 1. The molecule has 0 saturated heterocycles. The predicted molar refractivity (Wildman–Crippen MR) is 63.8 cm³/mol. The highest BCUT2D eigenvalue weighted by Crippen LogP contribution is 2.16. The number of nitrogens with zero attached hydrogens (tertiary/aromatic N) is 3. The van der Waals surface area contributed by atoms with Crippen molar-refractivity contribution in [2.24, 2.45) is 0 Å². The topological polar surface area (TPSA) is 105 Å². The monoisotopic (exact) mass is 264 g/mol. The van der Waals surface area contributed by atoms with Crippen LogP contribution in [0, 0.1) is 6.92 Å². The van der Waals surface area contributed by atoms with Gasteiger partial charge in [0.05, 0.1) is 11.4 Å². The summed E-state index contributed by atoms with van der Waals surface area (Å²) in [4.78, 5) is 26.8. The summed E-state index contributed by atoms with van der Waals surface area (Å²) in [5.41, 5.74) is 0.432. The molecule has 0 aliphatic rings. The number of hydrogen-bond acceptors (Lipinski definition) is 6. The molecule has 7 nitrogen and oxygen atoms in total. The van der Waals surface area contributed by atoms with Crippen molar-refractivity contribution in [2.45, 2.75) is 6.92 Å². The van der Waals surface area contributed by atoms with Crippen molar-refractivity contribution in [3.63, 3.8) is 0 Å². The van der Waals surface area contributed by atoms with Gasteiger partial charge >= 0.3 is 5.97 Å². The molecular weight excluding hydrogens is 256 g/mol. The van der Waals surface area contributed by atoms with E-state index in [1.165, 1.54) is 12.3 Å². The summed E-state index contributed by atoms with van der Waals surface area (Å²) in [5, 5.41) is 15.1. The molecule has 0 atom stereocenters. The third-order valence-electron chi connectivity index (χ3n) is 2.12. The number of aromatic carboxylic acids is 1. The first-order valence-corrected chi connectivity index (χ1v) is 5.65. The lowest BCUT2D eigenvalue weighted by molar-refractivity contribution is 0.0692. The summed E-state index contributed by atoms with van der Waals surface area (Å²) in [6.45, 7) is 1.65. The van der Waals surface area contributed by atoms with Gasteiger partial charge in [-0.3, -0.25) is 4.79 Å². The van der Waals surface area contributed by atoms with Gasteiger partial charge in [-0.25, -0.2) is 9.78 Å². The summed E-state index contributed by atoms with van der Waals surface area (Å²) >= 11 is 0.950. The van der Waals surface area contributed by atoms with Gasteiger partial charge < -0.3 is 10.4 Å². The van der Waals surface area contributed by atoms with E-state index in [4.69, 9.17) is 5.11 Å². The number of carboxylic acid groups (broad SMARTS) is 1. The Bertz CT molecular complexity index is 611. The molecule has 2 N–H and O–H groups in total. The minimum atomic E-state index is -1.20. The molecule has 0 bridgehead atoms. The molecule has 0 unspecified atom stereocenters. The summed E-state index contributed by atoms with van der Waals surface area (Å²) in [6.07, 6.45) is 1.35. The second-order valence-corrected chi connectivity index (χ2v) is 4.10. The van der Waals surface area contributed by atoms with Crippen LogP contribution in [-0.2, 0) is 0 Å². The zero-order valence-corrected chi connectivity index (χ0v) is 10.1. The Kier molecular flexibility index (Phi) is 3.28. The quantitative estimate of drug-likeness (QED) is 0.862. The normalized spacial score (nSPS) is 10.1. The van der Waals surface area contributed by atoms with E-state index < -0.39 is 11.9 Å². The van der Waals surface area contributed by atoms with Crippen molar-refractivity contribution >= 4 is 29.1 Å². The molecule has 2 heterocycles. The van der Waals surface area contributed by atoms with E-state index in [1.54, 1.807) is 13.0 Å². The van der Waals surface area contributed by atoms with Crippen molar-refractivity contribution in [1.29, 1.82) is 0 Å². The minimum Gasteiger partial charge on any atom is -0.476 e. The smallest absolute Gasteiger partial charge is 0.356 e. The largest absolute Gasteiger partial charge is 0.476 e. The zero-order valence-electron chi connectivity index (χ0n) is 9.25. The highest BCUT2D eigenvalue weighted by atomic mass is 32.1. The average Bonchev–Trinajstić information content (AvgIpc) is 2.76. The molecule has 0 spiro atoms. The Morgan fingerprint density at radius 1 is 1.44 bits per heavy atom. The number of carboxylic acids is 1. The molecule has 0 fully saturated rings. The van der Waals surface area contributed by atoms with Crippen LogP contribution in [0.3, 0.4) is 0 Å². The molecule has 1 amide bonds. The Hall–Kier alpha value is -2.35. The standard InChI is InChI=1S/C10H8N4O3S/c1-5-8(18-14-13-5)9(15)12-6-3-2-4-11-7(6)10(16)17/h2-4H,1H3,(H,12,15)(H,16,17). The SMILES string of the molecule is Cc1nnsc1C(=O)Nc1cccnc1C(=O)O. The van der Waals surface area contributed by atoms with Crippen LogP contribution in [0.15, 0.2) is 18.3 Å². The Balaban J connectivity index is 2.28. The first kappa shape index (κ1) is 12.1. The van der Waals surface area contributed by atoms with Gasteiger partial charge in [-0.15, -0.1) is 5.10 Å². The van der Waals surface area contributed by atoms with Crippen LogP contribution in [-0.4, -0.2) is 31.6 Å². The number of pyridine rings is 1. The second-order valence-electron chi connectivity index (χ2n) is 3.35. The van der Waals surface area contributed by atoms with Crippen LogP contribution in [0.5, 0.6) is 0 Å². The number of rotatable bonds is 3. The van der Waals surface area contributed by atoms with E-state index in [2.05, 4.69) is 19.9 Å². The van der Waals surface area contributed by atoms with Gasteiger partial charge in [-0.2, -0.15) is 0 Å². The number of carbonyl (C=O) groups is 2. The third kappa shape index (κ3) is 2.33. The van der Waals surface area contributed by atoms with Crippen LogP contribution in [0.4, 0.5) is 5.69 Å². The predicted octanol–water partition coefficient (Wildman–Crippen LogP) is 1.19. The van der Waals surface area contributed by atoms with Gasteiger partial charge in [0, 0.05) is 6.20 Å². The van der Waals surface area contributed by atoms with Gasteiger partial charge in [0.1, 0.15) is 4.88 Å². The number of amides is 1. The summed E-state index contributed by atoms with van der Waals surface area (Å²) in [6, 6.07) is 3.01. The molecule has 0 radical (unpaired) electrons. The van der Waals surface area contributed by atoms with E-state index in [0.717, 1.165) is 11.5 Å². The van der Waals surface area contributed by atoms with E-state index in [9.17, 15) is 9.59 Å². The zero-order chi connectivity index (χ0) is 13.1. The third-order valence-corrected chi connectivity index (χ3v) is 2.94. The molecule has 0 aliphatic carbocycles. The molecule has 0 saturated carbocycles. The number of anilines is 1. The fraction of sp³-hybridized carbons (Fsp3) is 0.100. The second kappa shape index (κ2) is 4.88. The number of aromatic nitrogens is 3. The van der Waals surface area contributed by atoms with Crippen molar-refractivity contribution < 1.29 is 14.7 Å². The van der Waals surface area contributed by atoms with E-state index in [1.807, 2.05) is 0 Å². The Morgan fingerprint density at radius 3 is 2.83 bits per heavy atom. The molecule has 2 rings (SSSR count). The highest BCUT2D eigenvalue weighted by molar-refractivity contribution is 7.08. The van der Waals surface area contributed by atoms with Crippen LogP contribution in [0.2, 0.25) is 0 Å². The molecule has 2 aromatic heterocycles. The highest BCUT2D eigenvalue weighted by Gasteiger charge is 2.17. The maximum atomic E-state index is 11.9. The number of nitrogens with one attached hydrogen (secondary N) is 1. The van der Waals surface area contributed by atoms with Gasteiger partial charge in [0.2, 0.25) is 0 Å². The Labute approximate surface area is 106 Å². The number of aryl methyl sites for hydroxylation is 1. The maximum Gasteiger partial charge on any atom is 0.356 e. The molecule has 8 heteroatoms. The summed E-state index contributed by atoms with van der Waals surface area (Å²) in [7, 11) is 0. The first-order chi connectivity index (χ1) is 8.59. The van der Waals surface area contributed by atoms with Crippen LogP contribution < -0.4 is 5.32 Å². The van der Waals surface area contributed by atoms with Crippen LogP contribution in [0.1, 0.15) is 25.9 Å². The average molecular weight is 264 g/mol. The first-order valence-electron chi connectivity index (χ1n) is 4.88. The maximum absolute atomic E-state index is 11.9. The molecular formula is C10H8N4O3S. The Morgan fingerprint density at radius 2 is 2.22 bits per heavy atom. The van der Waals surface area contributed by atoms with Crippen LogP contribution in [0.25, 0.3) is 0 Å². The molecule has 92 valence electrons.